The van der Waals surface area contributed by atoms with Gasteiger partial charge in [0.05, 0.1) is 5.52 Å². The van der Waals surface area contributed by atoms with Gasteiger partial charge in [-0.25, -0.2) is 0 Å². The van der Waals surface area contributed by atoms with E-state index in [2.05, 4.69) is 45.2 Å². The van der Waals surface area contributed by atoms with E-state index in [9.17, 15) is 0 Å². The van der Waals surface area contributed by atoms with Crippen molar-refractivity contribution in [3.8, 4) is 0 Å². The van der Waals surface area contributed by atoms with Gasteiger partial charge in [-0.1, -0.05) is 18.2 Å². The Kier molecular flexibility index (Phi) is 1.79. The summed E-state index contributed by atoms with van der Waals surface area (Å²) in [6.07, 6.45) is 0. The molecule has 0 saturated heterocycles. The molecule has 74 valence electrons. The Bertz CT molecular complexity index is 657. The highest BCUT2D eigenvalue weighted by Gasteiger charge is 2.07. The lowest BCUT2D eigenvalue weighted by Crippen LogP contribution is -1.90. The van der Waals surface area contributed by atoms with E-state index >= 15 is 0 Å². The fourth-order valence-electron chi connectivity index (χ4n) is 1.87. The van der Waals surface area contributed by atoms with Crippen molar-refractivity contribution in [2.45, 2.75) is 6.92 Å². The van der Waals surface area contributed by atoms with Gasteiger partial charge in [-0.15, -0.1) is 10.2 Å². The monoisotopic (exact) mass is 261 g/mol. The van der Waals surface area contributed by atoms with Crippen LogP contribution in [0.2, 0.25) is 0 Å². The predicted octanol–water partition coefficient (Wildman–Crippen LogP) is 2.95. The first kappa shape index (κ1) is 8.85. The smallest absolute Gasteiger partial charge is 0.205 e. The van der Waals surface area contributed by atoms with Crippen molar-refractivity contribution in [3.05, 3.63) is 40.6 Å². The highest BCUT2D eigenvalue weighted by atomic mass is 79.9. The summed E-state index contributed by atoms with van der Waals surface area (Å²) in [7, 11) is 0. The third-order valence-corrected chi connectivity index (χ3v) is 3.08. The van der Waals surface area contributed by atoms with Crippen LogP contribution < -0.4 is 0 Å². The third-order valence-electron chi connectivity index (χ3n) is 2.56. The molecule has 0 atom stereocenters. The summed E-state index contributed by atoms with van der Waals surface area (Å²) in [5.74, 6) is 0. The van der Waals surface area contributed by atoms with Crippen LogP contribution in [0.25, 0.3) is 16.6 Å². The number of rotatable bonds is 0. The summed E-state index contributed by atoms with van der Waals surface area (Å²) < 4.78 is 2.75. The van der Waals surface area contributed by atoms with Gasteiger partial charge in [-0.05, 0) is 40.5 Å². The molecule has 3 aromatic rings. The third kappa shape index (κ3) is 1.18. The van der Waals surface area contributed by atoms with E-state index < -0.39 is 0 Å². The lowest BCUT2D eigenvalue weighted by Gasteiger charge is -2.04. The number of para-hydroxylation sites is 1. The Balaban J connectivity index is 2.67. The molecule has 0 unspecified atom stereocenters. The van der Waals surface area contributed by atoms with E-state index in [1.165, 1.54) is 10.9 Å². The maximum absolute atomic E-state index is 4.10. The summed E-state index contributed by atoms with van der Waals surface area (Å²) >= 11 is 3.40. The van der Waals surface area contributed by atoms with Gasteiger partial charge in [-0.2, -0.15) is 0 Å². The van der Waals surface area contributed by atoms with Crippen LogP contribution in [0.5, 0.6) is 0 Å². The molecule has 3 rings (SSSR count). The Morgan fingerprint density at radius 3 is 2.87 bits per heavy atom. The number of aromatic nitrogens is 3. The Labute approximate surface area is 94.9 Å². The van der Waals surface area contributed by atoms with Crippen molar-refractivity contribution in [3.63, 3.8) is 0 Å². The van der Waals surface area contributed by atoms with E-state index in [1.54, 1.807) is 0 Å². The maximum Gasteiger partial charge on any atom is 0.205 e. The van der Waals surface area contributed by atoms with Crippen molar-refractivity contribution < 1.29 is 0 Å². The van der Waals surface area contributed by atoms with E-state index in [0.717, 1.165) is 15.9 Å². The van der Waals surface area contributed by atoms with Crippen LogP contribution in [0.3, 0.4) is 0 Å². The van der Waals surface area contributed by atoms with Gasteiger partial charge >= 0.3 is 0 Å². The van der Waals surface area contributed by atoms with E-state index in [1.807, 2.05) is 22.6 Å². The quantitative estimate of drug-likeness (QED) is 0.623. The topological polar surface area (TPSA) is 30.2 Å². The highest BCUT2D eigenvalue weighted by Crippen LogP contribution is 2.22. The molecule has 0 radical (unpaired) electrons. The zero-order valence-electron chi connectivity index (χ0n) is 8.11. The largest absolute Gasteiger partial charge is 0.270 e. The molecule has 4 heteroatoms. The molecule has 0 aliphatic rings. The van der Waals surface area contributed by atoms with E-state index in [4.69, 9.17) is 0 Å². The van der Waals surface area contributed by atoms with Gasteiger partial charge in [0.15, 0.2) is 5.65 Å². The van der Waals surface area contributed by atoms with Crippen molar-refractivity contribution in [1.82, 2.24) is 14.6 Å². The van der Waals surface area contributed by atoms with Gasteiger partial charge in [0.2, 0.25) is 4.73 Å². The standard InChI is InChI=1S/C11H8BrN3/c1-7-6-10-13-14-11(12)15(10)9-5-3-2-4-8(7)9/h2-6H,1H3. The molecule has 2 heterocycles. The normalized spacial score (nSPS) is 11.3. The van der Waals surface area contributed by atoms with Gasteiger partial charge in [0.25, 0.3) is 0 Å². The number of hydrogen-bond donors (Lipinski definition) is 0. The SMILES string of the molecule is Cc1cc2nnc(Br)n2c2ccccc12. The predicted molar refractivity (Wildman–Crippen MR) is 62.9 cm³/mol. The lowest BCUT2D eigenvalue weighted by molar-refractivity contribution is 1.07. The number of pyridine rings is 1. The summed E-state index contributed by atoms with van der Waals surface area (Å²) in [5.41, 5.74) is 3.22. The first-order valence-corrected chi connectivity index (χ1v) is 5.45. The summed E-state index contributed by atoms with van der Waals surface area (Å²) in [4.78, 5) is 0. The number of benzene rings is 1. The van der Waals surface area contributed by atoms with E-state index in [-0.39, 0.29) is 0 Å². The van der Waals surface area contributed by atoms with Gasteiger partial charge in [0, 0.05) is 5.39 Å². The Hall–Kier alpha value is -1.42. The van der Waals surface area contributed by atoms with Crippen molar-refractivity contribution in [1.29, 1.82) is 0 Å². The van der Waals surface area contributed by atoms with Crippen molar-refractivity contribution in [2.24, 2.45) is 0 Å². The van der Waals surface area contributed by atoms with Gasteiger partial charge in [-0.3, -0.25) is 4.40 Å². The van der Waals surface area contributed by atoms with Gasteiger partial charge < -0.3 is 0 Å². The summed E-state index contributed by atoms with van der Waals surface area (Å²) in [5, 5.41) is 9.34. The number of fused-ring (bicyclic) bond motifs is 3. The summed E-state index contributed by atoms with van der Waals surface area (Å²) in [6.45, 7) is 2.09. The van der Waals surface area contributed by atoms with Crippen LogP contribution in [0.1, 0.15) is 5.56 Å². The number of nitrogens with zero attached hydrogens (tertiary/aromatic N) is 3. The fourth-order valence-corrected chi connectivity index (χ4v) is 2.32. The van der Waals surface area contributed by atoms with Crippen LogP contribution in [0.4, 0.5) is 0 Å². The zero-order chi connectivity index (χ0) is 10.4. The molecular weight excluding hydrogens is 254 g/mol. The van der Waals surface area contributed by atoms with Crippen LogP contribution in [-0.4, -0.2) is 14.6 Å². The molecule has 1 aromatic carbocycles. The van der Waals surface area contributed by atoms with Crippen LogP contribution in [0, 0.1) is 6.92 Å². The molecule has 0 fully saturated rings. The molecule has 0 amide bonds. The minimum absolute atomic E-state index is 0.744. The lowest BCUT2D eigenvalue weighted by atomic mass is 10.1. The number of hydrogen-bond acceptors (Lipinski definition) is 2. The zero-order valence-corrected chi connectivity index (χ0v) is 9.69. The molecular formula is C11H8BrN3. The minimum atomic E-state index is 0.744. The molecule has 2 aromatic heterocycles. The highest BCUT2D eigenvalue weighted by molar-refractivity contribution is 9.10. The fraction of sp³-hybridized carbons (Fsp3) is 0.0909. The molecule has 0 spiro atoms. The second kappa shape index (κ2) is 3.03. The second-order valence-corrected chi connectivity index (χ2v) is 4.22. The van der Waals surface area contributed by atoms with Crippen LogP contribution in [-0.2, 0) is 0 Å². The molecule has 0 N–H and O–H groups in total. The number of halogens is 1. The van der Waals surface area contributed by atoms with Crippen molar-refractivity contribution >= 4 is 32.5 Å². The Morgan fingerprint density at radius 2 is 2.00 bits per heavy atom. The number of aryl methyl sites for hydroxylation is 1. The first-order chi connectivity index (χ1) is 7.27. The van der Waals surface area contributed by atoms with Crippen molar-refractivity contribution in [2.75, 3.05) is 0 Å². The molecule has 0 aliphatic heterocycles. The molecule has 0 saturated carbocycles. The average Bonchev–Trinajstić information content (AvgIpc) is 2.61. The molecule has 3 nitrogen and oxygen atoms in total. The Morgan fingerprint density at radius 1 is 1.20 bits per heavy atom. The van der Waals surface area contributed by atoms with Crippen LogP contribution >= 0.6 is 15.9 Å². The van der Waals surface area contributed by atoms with Gasteiger partial charge in [0.1, 0.15) is 0 Å². The van der Waals surface area contributed by atoms with E-state index in [0.29, 0.717) is 0 Å². The average molecular weight is 262 g/mol. The second-order valence-electron chi connectivity index (χ2n) is 3.51. The molecule has 15 heavy (non-hydrogen) atoms. The maximum atomic E-state index is 4.10. The van der Waals surface area contributed by atoms with Crippen LogP contribution in [0.15, 0.2) is 35.1 Å². The summed E-state index contributed by atoms with van der Waals surface area (Å²) in [6, 6.07) is 10.3. The first-order valence-electron chi connectivity index (χ1n) is 4.66. The molecule has 0 bridgehead atoms. The minimum Gasteiger partial charge on any atom is -0.270 e. The molecule has 0 aliphatic carbocycles.